The summed E-state index contributed by atoms with van der Waals surface area (Å²) in [5.41, 5.74) is 2.26. The summed E-state index contributed by atoms with van der Waals surface area (Å²) in [6.45, 7) is 8.01. The van der Waals surface area contributed by atoms with E-state index in [0.29, 0.717) is 5.76 Å². The van der Waals surface area contributed by atoms with E-state index in [4.69, 9.17) is 5.11 Å². The van der Waals surface area contributed by atoms with Crippen LogP contribution >= 0.6 is 0 Å². The zero-order chi connectivity index (χ0) is 11.3. The lowest BCUT2D eigenvalue weighted by atomic mass is 10.2. The Morgan fingerprint density at radius 2 is 1.73 bits per heavy atom. The average Bonchev–Trinajstić information content (AvgIpc) is 2.21. The molecule has 82 valence electrons. The van der Waals surface area contributed by atoms with Crippen LogP contribution in [0.2, 0.25) is 0 Å². The first-order valence-corrected chi connectivity index (χ1v) is 5.39. The number of allylic oxidation sites excluding steroid dienone is 1. The molecule has 0 heterocycles. The third-order valence-corrected chi connectivity index (χ3v) is 2.40. The van der Waals surface area contributed by atoms with Gasteiger partial charge in [-0.1, -0.05) is 12.1 Å². The molecule has 0 fully saturated rings. The van der Waals surface area contributed by atoms with Crippen molar-refractivity contribution in [1.29, 1.82) is 0 Å². The quantitative estimate of drug-likeness (QED) is 0.761. The van der Waals surface area contributed by atoms with Crippen LogP contribution in [-0.4, -0.2) is 18.2 Å². The van der Waals surface area contributed by atoms with Crippen molar-refractivity contribution in [2.75, 3.05) is 18.0 Å². The van der Waals surface area contributed by atoms with Crippen LogP contribution in [0.25, 0.3) is 6.08 Å². The standard InChI is InChI=1S/C13H19NO/c1-4-14(5-2)13-8-6-12(7-9-13)10-11(3)15/h6-10,15H,4-5H2,1-3H3. The molecule has 0 atom stereocenters. The fraction of sp³-hybridized carbons (Fsp3) is 0.385. The summed E-state index contributed by atoms with van der Waals surface area (Å²) in [7, 11) is 0. The summed E-state index contributed by atoms with van der Waals surface area (Å²) < 4.78 is 0. The molecular weight excluding hydrogens is 186 g/mol. The molecular formula is C13H19NO. The second-order valence-electron chi connectivity index (χ2n) is 3.55. The van der Waals surface area contributed by atoms with Crippen LogP contribution in [0.5, 0.6) is 0 Å². The van der Waals surface area contributed by atoms with Crippen LogP contribution in [0.1, 0.15) is 26.3 Å². The van der Waals surface area contributed by atoms with Crippen LogP contribution in [0.4, 0.5) is 5.69 Å². The SMILES string of the molecule is CCN(CC)c1ccc(C=C(C)O)cc1. The van der Waals surface area contributed by atoms with Gasteiger partial charge in [-0.05, 0) is 44.5 Å². The molecule has 2 heteroatoms. The molecule has 0 spiro atoms. The van der Waals surface area contributed by atoms with Crippen LogP contribution in [0.3, 0.4) is 0 Å². The van der Waals surface area contributed by atoms with Crippen molar-refractivity contribution < 1.29 is 5.11 Å². The Morgan fingerprint density at radius 1 is 1.20 bits per heavy atom. The first-order valence-electron chi connectivity index (χ1n) is 5.39. The van der Waals surface area contributed by atoms with E-state index in [0.717, 1.165) is 18.7 Å². The zero-order valence-electron chi connectivity index (χ0n) is 9.70. The molecule has 0 radical (unpaired) electrons. The lowest BCUT2D eigenvalue weighted by Gasteiger charge is -2.20. The molecule has 1 N–H and O–H groups in total. The third-order valence-electron chi connectivity index (χ3n) is 2.40. The summed E-state index contributed by atoms with van der Waals surface area (Å²) in [6.07, 6.45) is 1.76. The van der Waals surface area contributed by atoms with Gasteiger partial charge in [0.1, 0.15) is 0 Å². The Kier molecular flexibility index (Phi) is 4.22. The number of hydrogen-bond donors (Lipinski definition) is 1. The maximum atomic E-state index is 9.13. The second-order valence-corrected chi connectivity index (χ2v) is 3.55. The van der Waals surface area contributed by atoms with Gasteiger partial charge in [0.15, 0.2) is 0 Å². The largest absolute Gasteiger partial charge is 0.513 e. The van der Waals surface area contributed by atoms with Gasteiger partial charge in [0.25, 0.3) is 0 Å². The number of aliphatic hydroxyl groups is 1. The van der Waals surface area contributed by atoms with Crippen molar-refractivity contribution in [1.82, 2.24) is 0 Å². The molecule has 0 saturated carbocycles. The van der Waals surface area contributed by atoms with Gasteiger partial charge in [-0.25, -0.2) is 0 Å². The molecule has 0 amide bonds. The fourth-order valence-electron chi connectivity index (χ4n) is 1.61. The van der Waals surface area contributed by atoms with Gasteiger partial charge in [-0.2, -0.15) is 0 Å². The van der Waals surface area contributed by atoms with E-state index in [-0.39, 0.29) is 0 Å². The highest BCUT2D eigenvalue weighted by Crippen LogP contribution is 2.16. The first-order chi connectivity index (χ1) is 7.17. The van der Waals surface area contributed by atoms with Gasteiger partial charge in [-0.15, -0.1) is 0 Å². The second kappa shape index (κ2) is 5.44. The van der Waals surface area contributed by atoms with Crippen LogP contribution < -0.4 is 4.90 Å². The van der Waals surface area contributed by atoms with Gasteiger partial charge < -0.3 is 10.0 Å². The normalized spacial score (nSPS) is 11.5. The summed E-state index contributed by atoms with van der Waals surface area (Å²) in [5, 5.41) is 9.13. The minimum atomic E-state index is 0.339. The maximum Gasteiger partial charge on any atom is 0.0897 e. The number of anilines is 1. The highest BCUT2D eigenvalue weighted by atomic mass is 16.3. The maximum absolute atomic E-state index is 9.13. The number of hydrogen-bond acceptors (Lipinski definition) is 2. The van der Waals surface area contributed by atoms with Crippen molar-refractivity contribution in [3.8, 4) is 0 Å². The predicted octanol–water partition coefficient (Wildman–Crippen LogP) is 3.45. The number of rotatable bonds is 4. The number of benzene rings is 1. The third kappa shape index (κ3) is 3.31. The Hall–Kier alpha value is -1.44. The fourth-order valence-corrected chi connectivity index (χ4v) is 1.61. The van der Waals surface area contributed by atoms with Crippen molar-refractivity contribution in [2.24, 2.45) is 0 Å². The molecule has 0 aromatic heterocycles. The molecule has 0 aliphatic rings. The van der Waals surface area contributed by atoms with Gasteiger partial charge >= 0.3 is 0 Å². The Labute approximate surface area is 91.9 Å². The zero-order valence-corrected chi connectivity index (χ0v) is 9.70. The molecule has 1 aromatic rings. The molecule has 0 aliphatic carbocycles. The summed E-state index contributed by atoms with van der Waals surface area (Å²) in [6, 6.07) is 8.21. The van der Waals surface area contributed by atoms with E-state index in [1.54, 1.807) is 13.0 Å². The van der Waals surface area contributed by atoms with Crippen LogP contribution in [0, 0.1) is 0 Å². The molecule has 15 heavy (non-hydrogen) atoms. The van der Waals surface area contributed by atoms with Crippen molar-refractivity contribution >= 4 is 11.8 Å². The minimum absolute atomic E-state index is 0.339. The molecule has 0 saturated heterocycles. The minimum Gasteiger partial charge on any atom is -0.513 e. The van der Waals surface area contributed by atoms with Gasteiger partial charge in [0.05, 0.1) is 5.76 Å². The summed E-state index contributed by atoms with van der Waals surface area (Å²) >= 11 is 0. The average molecular weight is 205 g/mol. The number of aliphatic hydroxyl groups excluding tert-OH is 1. The van der Waals surface area contributed by atoms with E-state index in [1.807, 2.05) is 12.1 Å². The predicted molar refractivity (Wildman–Crippen MR) is 66.3 cm³/mol. The molecule has 0 bridgehead atoms. The lowest BCUT2D eigenvalue weighted by Crippen LogP contribution is -2.21. The monoisotopic (exact) mass is 205 g/mol. The molecule has 1 rings (SSSR count). The summed E-state index contributed by atoms with van der Waals surface area (Å²) in [4.78, 5) is 2.29. The Balaban J connectivity index is 2.84. The highest BCUT2D eigenvalue weighted by Gasteiger charge is 2.00. The first kappa shape index (κ1) is 11.6. The van der Waals surface area contributed by atoms with E-state index in [9.17, 15) is 0 Å². The smallest absolute Gasteiger partial charge is 0.0897 e. The van der Waals surface area contributed by atoms with Crippen LogP contribution in [0.15, 0.2) is 30.0 Å². The van der Waals surface area contributed by atoms with E-state index < -0.39 is 0 Å². The van der Waals surface area contributed by atoms with E-state index >= 15 is 0 Å². The van der Waals surface area contributed by atoms with Gasteiger partial charge in [-0.3, -0.25) is 0 Å². The van der Waals surface area contributed by atoms with E-state index in [1.165, 1.54) is 5.69 Å². The Morgan fingerprint density at radius 3 is 2.13 bits per heavy atom. The number of nitrogens with zero attached hydrogens (tertiary/aromatic N) is 1. The van der Waals surface area contributed by atoms with Gasteiger partial charge in [0, 0.05) is 18.8 Å². The highest BCUT2D eigenvalue weighted by molar-refractivity contribution is 5.56. The van der Waals surface area contributed by atoms with Crippen molar-refractivity contribution in [2.45, 2.75) is 20.8 Å². The topological polar surface area (TPSA) is 23.5 Å². The Bertz CT molecular complexity index is 319. The van der Waals surface area contributed by atoms with Crippen molar-refractivity contribution in [3.05, 3.63) is 35.6 Å². The summed E-state index contributed by atoms with van der Waals surface area (Å²) in [5.74, 6) is 0.339. The molecule has 2 nitrogen and oxygen atoms in total. The van der Waals surface area contributed by atoms with Gasteiger partial charge in [0.2, 0.25) is 0 Å². The molecule has 0 aliphatic heterocycles. The van der Waals surface area contributed by atoms with Crippen LogP contribution in [-0.2, 0) is 0 Å². The van der Waals surface area contributed by atoms with Crippen molar-refractivity contribution in [3.63, 3.8) is 0 Å². The lowest BCUT2D eigenvalue weighted by molar-refractivity contribution is 0.420. The molecule has 1 aromatic carbocycles. The van der Waals surface area contributed by atoms with E-state index in [2.05, 4.69) is 30.9 Å². The molecule has 0 unspecified atom stereocenters.